The molecule has 1 aliphatic carbocycles. The second-order valence-corrected chi connectivity index (χ2v) is 10.1. The van der Waals surface area contributed by atoms with E-state index in [-0.39, 0.29) is 17.1 Å². The molecule has 1 aromatic carbocycles. The zero-order chi connectivity index (χ0) is 21.6. The van der Waals surface area contributed by atoms with Crippen LogP contribution in [0, 0.1) is 5.92 Å². The Hall–Kier alpha value is -2.35. The number of hydrogen-bond donors (Lipinski definition) is 2. The van der Waals surface area contributed by atoms with Crippen LogP contribution in [0.3, 0.4) is 0 Å². The van der Waals surface area contributed by atoms with Crippen molar-refractivity contribution in [2.75, 3.05) is 6.54 Å². The molecule has 1 aliphatic rings. The summed E-state index contributed by atoms with van der Waals surface area (Å²) < 4.78 is 6.61. The number of H-pyrrole nitrogens is 1. The van der Waals surface area contributed by atoms with E-state index in [1.54, 1.807) is 0 Å². The number of nitrogens with one attached hydrogen (secondary N) is 1. The molecule has 160 valence electrons. The number of rotatable bonds is 3. The standard InChI is InChI=1S/C22H26BrN3O4/c1-22(2,3)26(21(28)29)11-12-4-6-13(7-5-12)19-24-17-15-10-14(23)8-9-16(15)30-18(17)20(27)25-19/h8-10,12-13H,4-7,11H2,1-3H3,(H,28,29)(H,24,25,27)/t12-,13-. The van der Waals surface area contributed by atoms with Crippen LogP contribution in [0.5, 0.6) is 0 Å². The van der Waals surface area contributed by atoms with E-state index >= 15 is 0 Å². The smallest absolute Gasteiger partial charge is 0.407 e. The molecule has 0 aliphatic heterocycles. The number of carboxylic acid groups (broad SMARTS) is 1. The lowest BCUT2D eigenvalue weighted by Gasteiger charge is -2.38. The van der Waals surface area contributed by atoms with Crippen LogP contribution in [0.2, 0.25) is 0 Å². The molecule has 0 saturated heterocycles. The molecule has 2 heterocycles. The number of halogens is 1. The van der Waals surface area contributed by atoms with Crippen molar-refractivity contribution in [3.05, 3.63) is 38.9 Å². The monoisotopic (exact) mass is 475 g/mol. The van der Waals surface area contributed by atoms with Crippen LogP contribution in [0.25, 0.3) is 22.1 Å². The normalized spacial score (nSPS) is 20.0. The number of nitrogens with zero attached hydrogens (tertiary/aromatic N) is 2. The molecule has 7 nitrogen and oxygen atoms in total. The zero-order valence-electron chi connectivity index (χ0n) is 17.4. The SMILES string of the molecule is CC(C)(C)N(C[C@H]1CC[C@H](c2nc3c(oc4ccc(Br)cc43)c(=O)[nH]2)CC1)C(=O)O. The number of fused-ring (bicyclic) bond motifs is 3. The van der Waals surface area contributed by atoms with Crippen molar-refractivity contribution >= 4 is 44.1 Å². The summed E-state index contributed by atoms with van der Waals surface area (Å²) in [6.45, 7) is 6.30. The Morgan fingerprint density at radius 3 is 2.63 bits per heavy atom. The van der Waals surface area contributed by atoms with Gasteiger partial charge >= 0.3 is 6.09 Å². The quantitative estimate of drug-likeness (QED) is 0.521. The lowest BCUT2D eigenvalue weighted by Crippen LogP contribution is -2.47. The lowest BCUT2D eigenvalue weighted by atomic mass is 9.81. The number of aromatic amines is 1. The van der Waals surface area contributed by atoms with Gasteiger partial charge in [0.05, 0.1) is 0 Å². The van der Waals surface area contributed by atoms with Crippen LogP contribution in [-0.4, -0.2) is 38.2 Å². The fourth-order valence-corrected chi connectivity index (χ4v) is 4.71. The van der Waals surface area contributed by atoms with Gasteiger partial charge in [-0.3, -0.25) is 4.79 Å². The van der Waals surface area contributed by atoms with E-state index in [0.29, 0.717) is 29.4 Å². The fraction of sp³-hybridized carbons (Fsp3) is 0.500. The van der Waals surface area contributed by atoms with Gasteiger partial charge < -0.3 is 19.4 Å². The molecule has 0 bridgehead atoms. The average Bonchev–Trinajstić information content (AvgIpc) is 3.04. The van der Waals surface area contributed by atoms with Crippen LogP contribution < -0.4 is 5.56 Å². The van der Waals surface area contributed by atoms with E-state index in [0.717, 1.165) is 35.5 Å². The van der Waals surface area contributed by atoms with Crippen LogP contribution in [0.15, 0.2) is 31.9 Å². The minimum Gasteiger partial charge on any atom is -0.465 e. The highest BCUT2D eigenvalue weighted by molar-refractivity contribution is 9.10. The molecule has 0 spiro atoms. The Balaban J connectivity index is 1.55. The molecule has 1 fully saturated rings. The van der Waals surface area contributed by atoms with Crippen LogP contribution in [-0.2, 0) is 0 Å². The van der Waals surface area contributed by atoms with Gasteiger partial charge in [-0.15, -0.1) is 0 Å². The predicted octanol–water partition coefficient (Wildman–Crippen LogP) is 5.48. The number of hydrogen-bond acceptors (Lipinski definition) is 4. The Kier molecular flexibility index (Phi) is 5.38. The van der Waals surface area contributed by atoms with Gasteiger partial charge in [-0.25, -0.2) is 9.78 Å². The predicted molar refractivity (Wildman–Crippen MR) is 119 cm³/mol. The van der Waals surface area contributed by atoms with Gasteiger partial charge in [0.15, 0.2) is 0 Å². The van der Waals surface area contributed by atoms with Crippen molar-refractivity contribution < 1.29 is 14.3 Å². The highest BCUT2D eigenvalue weighted by Gasteiger charge is 2.32. The first-order chi connectivity index (χ1) is 14.1. The van der Waals surface area contributed by atoms with Gasteiger partial charge in [-0.2, -0.15) is 0 Å². The highest BCUT2D eigenvalue weighted by atomic mass is 79.9. The second kappa shape index (κ2) is 7.72. The van der Waals surface area contributed by atoms with E-state index in [2.05, 4.69) is 20.9 Å². The minimum atomic E-state index is -0.876. The van der Waals surface area contributed by atoms with Crippen molar-refractivity contribution in [1.29, 1.82) is 0 Å². The van der Waals surface area contributed by atoms with Gasteiger partial charge in [-0.1, -0.05) is 15.9 Å². The summed E-state index contributed by atoms with van der Waals surface area (Å²) in [6.07, 6.45) is 2.68. The first kappa shape index (κ1) is 20.9. The first-order valence-electron chi connectivity index (χ1n) is 10.3. The molecule has 1 amide bonds. The van der Waals surface area contributed by atoms with E-state index < -0.39 is 11.6 Å². The number of aromatic nitrogens is 2. The molecule has 0 atom stereocenters. The van der Waals surface area contributed by atoms with Gasteiger partial charge in [-0.05, 0) is 70.6 Å². The number of amides is 1. The third-order valence-corrected chi connectivity index (χ3v) is 6.51. The van der Waals surface area contributed by atoms with E-state index in [1.807, 2.05) is 39.0 Å². The summed E-state index contributed by atoms with van der Waals surface area (Å²) in [5.41, 5.74) is 0.814. The average molecular weight is 476 g/mol. The summed E-state index contributed by atoms with van der Waals surface area (Å²) in [4.78, 5) is 33.5. The summed E-state index contributed by atoms with van der Waals surface area (Å²) in [5.74, 6) is 1.17. The molecule has 30 heavy (non-hydrogen) atoms. The Bertz CT molecular complexity index is 1150. The number of carbonyl (C=O) groups is 1. The summed E-state index contributed by atoms with van der Waals surface area (Å²) >= 11 is 3.47. The maximum Gasteiger partial charge on any atom is 0.407 e. The molecular formula is C22H26BrN3O4. The van der Waals surface area contributed by atoms with E-state index in [1.165, 1.54) is 4.90 Å². The zero-order valence-corrected chi connectivity index (χ0v) is 19.0. The van der Waals surface area contributed by atoms with E-state index in [9.17, 15) is 14.7 Å². The van der Waals surface area contributed by atoms with Crippen LogP contribution in [0.4, 0.5) is 4.79 Å². The molecular weight excluding hydrogens is 450 g/mol. The lowest BCUT2D eigenvalue weighted by molar-refractivity contribution is 0.0818. The summed E-state index contributed by atoms with van der Waals surface area (Å²) in [7, 11) is 0. The van der Waals surface area contributed by atoms with Gasteiger partial charge in [0, 0.05) is 27.9 Å². The fourth-order valence-electron chi connectivity index (χ4n) is 4.35. The molecule has 0 unspecified atom stereocenters. The Morgan fingerprint density at radius 2 is 2.00 bits per heavy atom. The summed E-state index contributed by atoms with van der Waals surface area (Å²) in [6, 6.07) is 5.62. The molecule has 3 aromatic rings. The minimum absolute atomic E-state index is 0.156. The van der Waals surface area contributed by atoms with Crippen LogP contribution in [0.1, 0.15) is 58.2 Å². The van der Waals surface area contributed by atoms with Crippen molar-refractivity contribution in [1.82, 2.24) is 14.9 Å². The number of furan rings is 1. The molecule has 2 N–H and O–H groups in total. The van der Waals surface area contributed by atoms with Crippen LogP contribution >= 0.6 is 15.9 Å². The third kappa shape index (κ3) is 3.97. The van der Waals surface area contributed by atoms with Gasteiger partial charge in [0.1, 0.15) is 16.9 Å². The van der Waals surface area contributed by atoms with Crippen molar-refractivity contribution in [2.45, 2.75) is 57.9 Å². The van der Waals surface area contributed by atoms with Crippen molar-refractivity contribution in [2.24, 2.45) is 5.92 Å². The highest BCUT2D eigenvalue weighted by Crippen LogP contribution is 2.36. The molecule has 8 heteroatoms. The Morgan fingerprint density at radius 1 is 1.30 bits per heavy atom. The third-order valence-electron chi connectivity index (χ3n) is 6.02. The largest absolute Gasteiger partial charge is 0.465 e. The molecule has 1 saturated carbocycles. The maximum atomic E-state index is 12.6. The van der Waals surface area contributed by atoms with Gasteiger partial charge in [0.25, 0.3) is 5.56 Å². The topological polar surface area (TPSA) is 99.4 Å². The van der Waals surface area contributed by atoms with Gasteiger partial charge in [0.2, 0.25) is 5.58 Å². The van der Waals surface area contributed by atoms with E-state index in [4.69, 9.17) is 9.40 Å². The van der Waals surface area contributed by atoms with Crippen molar-refractivity contribution in [3.8, 4) is 0 Å². The number of benzene rings is 1. The second-order valence-electron chi connectivity index (χ2n) is 9.15. The maximum absolute atomic E-state index is 12.6. The first-order valence-corrected chi connectivity index (χ1v) is 11.1. The molecule has 0 radical (unpaired) electrons. The molecule has 4 rings (SSSR count). The summed E-state index contributed by atoms with van der Waals surface area (Å²) in [5, 5.41) is 10.4. The Labute approximate surface area is 182 Å². The van der Waals surface area contributed by atoms with Crippen molar-refractivity contribution in [3.63, 3.8) is 0 Å². The molecule has 2 aromatic heterocycles.